The summed E-state index contributed by atoms with van der Waals surface area (Å²) in [5.41, 5.74) is 2.62. The molecule has 1 aromatic carbocycles. The highest BCUT2D eigenvalue weighted by atomic mass is 79.9. The van der Waals surface area contributed by atoms with Crippen molar-refractivity contribution < 1.29 is 9.90 Å². The highest BCUT2D eigenvalue weighted by molar-refractivity contribution is 9.09. The van der Waals surface area contributed by atoms with E-state index in [4.69, 9.17) is 5.11 Å². The van der Waals surface area contributed by atoms with Crippen molar-refractivity contribution in [3.05, 3.63) is 29.3 Å². The fourth-order valence-corrected chi connectivity index (χ4v) is 1.62. The lowest BCUT2D eigenvalue weighted by molar-refractivity contribution is -0.115. The fraction of sp³-hybridized carbons (Fsp3) is 0.364. The lowest BCUT2D eigenvalue weighted by Crippen LogP contribution is -2.12. The average molecular weight is 272 g/mol. The van der Waals surface area contributed by atoms with Gasteiger partial charge in [-0.1, -0.05) is 28.1 Å². The summed E-state index contributed by atoms with van der Waals surface area (Å²) in [6.07, 6.45) is 0.460. The summed E-state index contributed by atoms with van der Waals surface area (Å²) in [7, 11) is 0. The highest BCUT2D eigenvalue weighted by Crippen LogP contribution is 2.16. The van der Waals surface area contributed by atoms with E-state index >= 15 is 0 Å². The maximum atomic E-state index is 11.3. The first-order valence-electron chi connectivity index (χ1n) is 4.73. The molecule has 0 aliphatic rings. The first kappa shape index (κ1) is 12.2. The lowest BCUT2D eigenvalue weighted by atomic mass is 10.1. The number of aliphatic hydroxyl groups is 1. The van der Waals surface area contributed by atoms with Gasteiger partial charge in [-0.3, -0.25) is 4.79 Å². The number of carbonyl (C=O) groups is 1. The molecule has 0 spiro atoms. The van der Waals surface area contributed by atoms with Gasteiger partial charge in [0.15, 0.2) is 0 Å². The monoisotopic (exact) mass is 271 g/mol. The molecule has 0 bridgehead atoms. The van der Waals surface area contributed by atoms with Crippen LogP contribution in [0.25, 0.3) is 0 Å². The van der Waals surface area contributed by atoms with Crippen molar-refractivity contribution in [2.75, 3.05) is 10.6 Å². The molecule has 1 aromatic rings. The van der Waals surface area contributed by atoms with Crippen LogP contribution in [0.5, 0.6) is 0 Å². The van der Waals surface area contributed by atoms with Crippen molar-refractivity contribution in [1.82, 2.24) is 0 Å². The van der Waals surface area contributed by atoms with Gasteiger partial charge in [0.05, 0.1) is 6.61 Å². The second-order valence-electron chi connectivity index (χ2n) is 3.29. The first-order valence-corrected chi connectivity index (χ1v) is 5.85. The van der Waals surface area contributed by atoms with Crippen molar-refractivity contribution in [3.8, 4) is 0 Å². The van der Waals surface area contributed by atoms with Gasteiger partial charge in [0.25, 0.3) is 0 Å². The predicted octanol–water partition coefficient (Wildman–Crippen LogP) is 2.21. The summed E-state index contributed by atoms with van der Waals surface area (Å²) >= 11 is 3.21. The molecular formula is C11H14BrNO2. The van der Waals surface area contributed by atoms with Gasteiger partial charge in [0.1, 0.15) is 0 Å². The van der Waals surface area contributed by atoms with Crippen LogP contribution in [0, 0.1) is 6.92 Å². The van der Waals surface area contributed by atoms with Crippen molar-refractivity contribution in [3.63, 3.8) is 0 Å². The molecule has 0 aliphatic carbocycles. The Hall–Kier alpha value is -0.870. The minimum Gasteiger partial charge on any atom is -0.392 e. The molecule has 1 amide bonds. The van der Waals surface area contributed by atoms with Gasteiger partial charge >= 0.3 is 0 Å². The molecule has 0 saturated carbocycles. The summed E-state index contributed by atoms with van der Waals surface area (Å²) in [5.74, 6) is -0.00766. The Kier molecular flexibility index (Phi) is 4.78. The van der Waals surface area contributed by atoms with Crippen LogP contribution in [0.3, 0.4) is 0 Å². The second kappa shape index (κ2) is 5.88. The van der Waals surface area contributed by atoms with Gasteiger partial charge in [0, 0.05) is 17.4 Å². The molecule has 0 fully saturated rings. The SMILES string of the molecule is Cc1cc(CO)ccc1NC(=O)CCBr. The van der Waals surface area contributed by atoms with Gasteiger partial charge in [-0.15, -0.1) is 0 Å². The molecule has 3 nitrogen and oxygen atoms in total. The average Bonchev–Trinajstić information content (AvgIpc) is 2.21. The molecule has 0 unspecified atom stereocenters. The third kappa shape index (κ3) is 3.64. The van der Waals surface area contributed by atoms with Gasteiger partial charge in [-0.05, 0) is 24.1 Å². The standard InChI is InChI=1S/C11H14BrNO2/c1-8-6-9(7-14)2-3-10(8)13-11(15)4-5-12/h2-3,6,14H,4-5,7H2,1H3,(H,13,15). The molecule has 4 heteroatoms. The maximum Gasteiger partial charge on any atom is 0.225 e. The van der Waals surface area contributed by atoms with Crippen molar-refractivity contribution in [2.45, 2.75) is 20.0 Å². The Bertz CT molecular complexity index is 352. The van der Waals surface area contributed by atoms with E-state index in [0.717, 1.165) is 16.8 Å². The number of aliphatic hydroxyl groups excluding tert-OH is 1. The maximum absolute atomic E-state index is 11.3. The number of aryl methyl sites for hydroxylation is 1. The van der Waals surface area contributed by atoms with Crippen LogP contribution in [0.4, 0.5) is 5.69 Å². The predicted molar refractivity (Wildman–Crippen MR) is 64.1 cm³/mol. The van der Waals surface area contributed by atoms with Gasteiger partial charge in [0.2, 0.25) is 5.91 Å². The van der Waals surface area contributed by atoms with Crippen LogP contribution in [0.15, 0.2) is 18.2 Å². The zero-order valence-corrected chi connectivity index (χ0v) is 10.2. The molecule has 15 heavy (non-hydrogen) atoms. The molecule has 0 aromatic heterocycles. The minimum atomic E-state index is -0.00766. The minimum absolute atomic E-state index is 0.00766. The molecule has 2 N–H and O–H groups in total. The topological polar surface area (TPSA) is 49.3 Å². The number of rotatable bonds is 4. The van der Waals surface area contributed by atoms with E-state index in [1.54, 1.807) is 6.07 Å². The highest BCUT2D eigenvalue weighted by Gasteiger charge is 2.04. The van der Waals surface area contributed by atoms with Crippen LogP contribution < -0.4 is 5.32 Å². The summed E-state index contributed by atoms with van der Waals surface area (Å²) in [6.45, 7) is 1.93. The van der Waals surface area contributed by atoms with E-state index in [-0.39, 0.29) is 12.5 Å². The number of anilines is 1. The Labute approximate surface area is 97.6 Å². The molecule has 0 atom stereocenters. The molecule has 0 saturated heterocycles. The molecule has 0 aliphatic heterocycles. The van der Waals surface area contributed by atoms with Gasteiger partial charge in [-0.2, -0.15) is 0 Å². The Morgan fingerprint density at radius 1 is 1.53 bits per heavy atom. The van der Waals surface area contributed by atoms with Crippen molar-refractivity contribution >= 4 is 27.5 Å². The third-order valence-corrected chi connectivity index (χ3v) is 2.47. The lowest BCUT2D eigenvalue weighted by Gasteiger charge is -2.08. The Morgan fingerprint density at radius 3 is 2.80 bits per heavy atom. The number of benzene rings is 1. The summed E-state index contributed by atoms with van der Waals surface area (Å²) in [5, 5.41) is 12.4. The molecule has 0 radical (unpaired) electrons. The Morgan fingerprint density at radius 2 is 2.27 bits per heavy atom. The van der Waals surface area contributed by atoms with Crippen LogP contribution >= 0.6 is 15.9 Å². The molecule has 0 heterocycles. The summed E-state index contributed by atoms with van der Waals surface area (Å²) < 4.78 is 0. The normalized spacial score (nSPS) is 10.1. The molecule has 1 rings (SSSR count). The summed E-state index contributed by atoms with van der Waals surface area (Å²) in [6, 6.07) is 5.48. The number of halogens is 1. The van der Waals surface area contributed by atoms with Crippen LogP contribution in [-0.4, -0.2) is 16.3 Å². The van der Waals surface area contributed by atoms with E-state index in [9.17, 15) is 4.79 Å². The fourth-order valence-electron chi connectivity index (χ4n) is 1.26. The van der Waals surface area contributed by atoms with E-state index in [1.807, 2.05) is 19.1 Å². The number of hydrogen-bond acceptors (Lipinski definition) is 2. The zero-order chi connectivity index (χ0) is 11.3. The van der Waals surface area contributed by atoms with E-state index < -0.39 is 0 Å². The third-order valence-electron chi connectivity index (χ3n) is 2.07. The second-order valence-corrected chi connectivity index (χ2v) is 4.09. The number of hydrogen-bond donors (Lipinski definition) is 2. The van der Waals surface area contributed by atoms with E-state index in [0.29, 0.717) is 11.8 Å². The summed E-state index contributed by atoms with van der Waals surface area (Å²) in [4.78, 5) is 11.3. The molecular weight excluding hydrogens is 258 g/mol. The largest absolute Gasteiger partial charge is 0.392 e. The van der Waals surface area contributed by atoms with Crippen molar-refractivity contribution in [2.24, 2.45) is 0 Å². The van der Waals surface area contributed by atoms with Crippen LogP contribution in [-0.2, 0) is 11.4 Å². The van der Waals surface area contributed by atoms with E-state index in [2.05, 4.69) is 21.2 Å². The number of alkyl halides is 1. The van der Waals surface area contributed by atoms with Gasteiger partial charge < -0.3 is 10.4 Å². The van der Waals surface area contributed by atoms with E-state index in [1.165, 1.54) is 0 Å². The Balaban J connectivity index is 2.73. The molecule has 82 valence electrons. The van der Waals surface area contributed by atoms with Gasteiger partial charge in [-0.25, -0.2) is 0 Å². The smallest absolute Gasteiger partial charge is 0.225 e. The zero-order valence-electron chi connectivity index (χ0n) is 8.59. The number of amides is 1. The van der Waals surface area contributed by atoms with Crippen LogP contribution in [0.2, 0.25) is 0 Å². The van der Waals surface area contributed by atoms with Crippen molar-refractivity contribution in [1.29, 1.82) is 0 Å². The quantitative estimate of drug-likeness (QED) is 0.825. The number of carbonyl (C=O) groups excluding carboxylic acids is 1. The first-order chi connectivity index (χ1) is 7.17. The van der Waals surface area contributed by atoms with Crippen LogP contribution in [0.1, 0.15) is 17.5 Å². The number of nitrogens with one attached hydrogen (secondary N) is 1.